The van der Waals surface area contributed by atoms with Crippen LogP contribution in [0.4, 0.5) is 0 Å². The van der Waals surface area contributed by atoms with E-state index in [-0.39, 0.29) is 29.8 Å². The van der Waals surface area contributed by atoms with Crippen LogP contribution in [-0.2, 0) is 14.8 Å². The van der Waals surface area contributed by atoms with Crippen molar-refractivity contribution in [3.63, 3.8) is 0 Å². The van der Waals surface area contributed by atoms with E-state index in [0.29, 0.717) is 23.2 Å². The zero-order chi connectivity index (χ0) is 22.6. The lowest BCUT2D eigenvalue weighted by atomic mass is 9.87. The van der Waals surface area contributed by atoms with Gasteiger partial charge in [-0.05, 0) is 48.2 Å². The predicted molar refractivity (Wildman–Crippen MR) is 122 cm³/mol. The minimum atomic E-state index is -3.76. The summed E-state index contributed by atoms with van der Waals surface area (Å²) in [6.45, 7) is 5.07. The second-order valence-electron chi connectivity index (χ2n) is 8.20. The molecule has 8 heteroatoms. The van der Waals surface area contributed by atoms with Crippen LogP contribution in [0.25, 0.3) is 0 Å². The highest BCUT2D eigenvalue weighted by Crippen LogP contribution is 2.39. The maximum atomic E-state index is 13.3. The molecule has 2 aromatic carbocycles. The molecule has 1 saturated heterocycles. The maximum absolute atomic E-state index is 13.3. The van der Waals surface area contributed by atoms with Crippen molar-refractivity contribution in [1.29, 1.82) is 0 Å². The molecule has 1 aliphatic rings. The first-order valence-corrected chi connectivity index (χ1v) is 12.2. The number of para-hydroxylation sites is 1. The van der Waals surface area contributed by atoms with Gasteiger partial charge in [-0.1, -0.05) is 43.6 Å². The number of hydrogen-bond acceptors (Lipinski definition) is 4. The van der Waals surface area contributed by atoms with E-state index in [1.165, 1.54) is 16.4 Å². The first kappa shape index (κ1) is 23.6. The van der Waals surface area contributed by atoms with Gasteiger partial charge in [-0.2, -0.15) is 4.31 Å². The number of carbonyl (C=O) groups is 1. The highest BCUT2D eigenvalue weighted by molar-refractivity contribution is 7.89. The van der Waals surface area contributed by atoms with Gasteiger partial charge >= 0.3 is 0 Å². The van der Waals surface area contributed by atoms with E-state index in [0.717, 1.165) is 12.0 Å². The normalized spacial score (nSPS) is 19.5. The molecule has 1 N–H and O–H groups in total. The standard InChI is InChI=1S/C23H29ClN2O4S/c1-16(2)12-13-25-23(27)21-15-26(31(28,29)18-10-8-17(24)9-11-18)14-20(21)19-6-4-5-7-22(19)30-3/h4-11,16,20-21H,12-15H2,1-3H3,(H,25,27). The number of nitrogens with zero attached hydrogens (tertiary/aromatic N) is 1. The van der Waals surface area contributed by atoms with Crippen molar-refractivity contribution >= 4 is 27.5 Å². The molecule has 0 aromatic heterocycles. The highest BCUT2D eigenvalue weighted by atomic mass is 35.5. The third-order valence-corrected chi connectivity index (χ3v) is 7.73. The Morgan fingerprint density at radius 2 is 1.84 bits per heavy atom. The minimum Gasteiger partial charge on any atom is -0.496 e. The molecular weight excluding hydrogens is 436 g/mol. The van der Waals surface area contributed by atoms with Crippen LogP contribution in [0.15, 0.2) is 53.4 Å². The Balaban J connectivity index is 1.91. The molecule has 168 valence electrons. The van der Waals surface area contributed by atoms with Crippen LogP contribution >= 0.6 is 11.6 Å². The molecule has 6 nitrogen and oxygen atoms in total. The average Bonchev–Trinajstić information content (AvgIpc) is 3.20. The van der Waals surface area contributed by atoms with Crippen LogP contribution in [0.3, 0.4) is 0 Å². The lowest BCUT2D eigenvalue weighted by Gasteiger charge is -2.20. The van der Waals surface area contributed by atoms with Crippen LogP contribution in [0.2, 0.25) is 5.02 Å². The number of halogens is 1. The SMILES string of the molecule is COc1ccccc1C1CN(S(=O)(=O)c2ccc(Cl)cc2)CC1C(=O)NCCC(C)C. The fourth-order valence-corrected chi connectivity index (χ4v) is 5.51. The first-order valence-electron chi connectivity index (χ1n) is 10.4. The third-order valence-electron chi connectivity index (χ3n) is 5.63. The van der Waals surface area contributed by atoms with Crippen molar-refractivity contribution < 1.29 is 17.9 Å². The van der Waals surface area contributed by atoms with Crippen molar-refractivity contribution in [2.75, 3.05) is 26.7 Å². The molecule has 1 amide bonds. The summed E-state index contributed by atoms with van der Waals surface area (Å²) in [7, 11) is -2.19. The summed E-state index contributed by atoms with van der Waals surface area (Å²) >= 11 is 5.92. The topological polar surface area (TPSA) is 75.7 Å². The summed E-state index contributed by atoms with van der Waals surface area (Å²) in [5, 5.41) is 3.46. The van der Waals surface area contributed by atoms with Gasteiger partial charge in [0.25, 0.3) is 0 Å². The van der Waals surface area contributed by atoms with Crippen LogP contribution in [0.5, 0.6) is 5.75 Å². The molecule has 1 fully saturated rings. The van der Waals surface area contributed by atoms with Crippen molar-refractivity contribution in [3.8, 4) is 5.75 Å². The number of hydrogen-bond donors (Lipinski definition) is 1. The van der Waals surface area contributed by atoms with Crippen molar-refractivity contribution in [1.82, 2.24) is 9.62 Å². The van der Waals surface area contributed by atoms with Crippen molar-refractivity contribution in [2.45, 2.75) is 31.1 Å². The number of nitrogens with one attached hydrogen (secondary N) is 1. The summed E-state index contributed by atoms with van der Waals surface area (Å²) in [5.41, 5.74) is 0.836. The van der Waals surface area contributed by atoms with Gasteiger partial charge < -0.3 is 10.1 Å². The summed E-state index contributed by atoms with van der Waals surface area (Å²) in [6, 6.07) is 13.6. The van der Waals surface area contributed by atoms with E-state index in [1.807, 2.05) is 24.3 Å². The van der Waals surface area contributed by atoms with Crippen LogP contribution in [-0.4, -0.2) is 45.4 Å². The fourth-order valence-electron chi connectivity index (χ4n) is 3.89. The van der Waals surface area contributed by atoms with Crippen molar-refractivity contribution in [3.05, 3.63) is 59.1 Å². The fraction of sp³-hybridized carbons (Fsp3) is 0.435. The first-order chi connectivity index (χ1) is 14.7. The zero-order valence-electron chi connectivity index (χ0n) is 18.0. The number of rotatable bonds is 8. The monoisotopic (exact) mass is 464 g/mol. The van der Waals surface area contributed by atoms with Crippen LogP contribution in [0.1, 0.15) is 31.7 Å². The quantitative estimate of drug-likeness (QED) is 0.642. The Morgan fingerprint density at radius 1 is 1.16 bits per heavy atom. The second kappa shape index (κ2) is 10.0. The zero-order valence-corrected chi connectivity index (χ0v) is 19.6. The largest absolute Gasteiger partial charge is 0.496 e. The van der Waals surface area contributed by atoms with E-state index < -0.39 is 15.9 Å². The minimum absolute atomic E-state index is 0.112. The van der Waals surface area contributed by atoms with Crippen molar-refractivity contribution in [2.24, 2.45) is 11.8 Å². The molecule has 31 heavy (non-hydrogen) atoms. The number of sulfonamides is 1. The van der Waals surface area contributed by atoms with E-state index in [4.69, 9.17) is 16.3 Å². The molecule has 0 radical (unpaired) electrons. The Hall–Kier alpha value is -2.09. The number of ether oxygens (including phenoxy) is 1. The third kappa shape index (κ3) is 5.40. The molecule has 0 spiro atoms. The maximum Gasteiger partial charge on any atom is 0.243 e. The van der Waals surface area contributed by atoms with E-state index >= 15 is 0 Å². The van der Waals surface area contributed by atoms with E-state index in [1.54, 1.807) is 19.2 Å². The van der Waals surface area contributed by atoms with Gasteiger partial charge in [-0.25, -0.2) is 8.42 Å². The Labute approximate surface area is 189 Å². The molecule has 0 saturated carbocycles. The lowest BCUT2D eigenvalue weighted by Crippen LogP contribution is -2.36. The van der Waals surface area contributed by atoms with Crippen LogP contribution in [0, 0.1) is 11.8 Å². The molecule has 3 rings (SSSR count). The van der Waals surface area contributed by atoms with Gasteiger partial charge in [-0.3, -0.25) is 4.79 Å². The molecule has 1 aliphatic heterocycles. The Kier molecular flexibility index (Phi) is 7.62. The Bertz CT molecular complexity index is 1010. The van der Waals surface area contributed by atoms with Crippen LogP contribution < -0.4 is 10.1 Å². The number of benzene rings is 2. The van der Waals surface area contributed by atoms with Gasteiger partial charge in [0.05, 0.1) is 17.9 Å². The molecule has 0 aliphatic carbocycles. The summed E-state index contributed by atoms with van der Waals surface area (Å²) in [6.07, 6.45) is 0.866. The number of amides is 1. The molecule has 0 bridgehead atoms. The average molecular weight is 465 g/mol. The summed E-state index contributed by atoms with van der Waals surface area (Å²) in [5.74, 6) is 0.169. The summed E-state index contributed by atoms with van der Waals surface area (Å²) < 4.78 is 33.4. The molecule has 2 aromatic rings. The second-order valence-corrected chi connectivity index (χ2v) is 10.6. The number of carbonyl (C=O) groups excluding carboxylic acids is 1. The van der Waals surface area contributed by atoms with Gasteiger partial charge in [0.15, 0.2) is 0 Å². The summed E-state index contributed by atoms with van der Waals surface area (Å²) in [4.78, 5) is 13.2. The highest BCUT2D eigenvalue weighted by Gasteiger charge is 2.44. The lowest BCUT2D eigenvalue weighted by molar-refractivity contribution is -0.124. The number of methoxy groups -OCH3 is 1. The van der Waals surface area contributed by atoms with Gasteiger partial charge in [-0.15, -0.1) is 0 Å². The molecule has 2 atom stereocenters. The van der Waals surface area contributed by atoms with Gasteiger partial charge in [0.1, 0.15) is 5.75 Å². The molecule has 1 heterocycles. The predicted octanol–water partition coefficient (Wildman–Crippen LogP) is 3.92. The van der Waals surface area contributed by atoms with Gasteiger partial charge in [0.2, 0.25) is 15.9 Å². The van der Waals surface area contributed by atoms with E-state index in [2.05, 4.69) is 19.2 Å². The molecular formula is C23H29ClN2O4S. The smallest absolute Gasteiger partial charge is 0.243 e. The molecule has 2 unspecified atom stereocenters. The Morgan fingerprint density at radius 3 is 2.48 bits per heavy atom. The van der Waals surface area contributed by atoms with Gasteiger partial charge in [0, 0.05) is 30.6 Å². The van der Waals surface area contributed by atoms with E-state index in [9.17, 15) is 13.2 Å².